The van der Waals surface area contributed by atoms with E-state index in [-0.39, 0.29) is 22.8 Å². The zero-order chi connectivity index (χ0) is 22.3. The average molecular weight is 432 g/mol. The monoisotopic (exact) mass is 431 g/mol. The lowest BCUT2D eigenvalue weighted by atomic mass is 10.1. The lowest BCUT2D eigenvalue weighted by Gasteiger charge is -2.20. The molecular weight excluding hydrogens is 406 g/mol. The molecule has 2 heterocycles. The summed E-state index contributed by atoms with van der Waals surface area (Å²) in [5.74, 6) is -0.324. The third kappa shape index (κ3) is 4.77. The summed E-state index contributed by atoms with van der Waals surface area (Å²) in [4.78, 5) is 28.6. The number of aryl methyl sites for hydroxylation is 2. The summed E-state index contributed by atoms with van der Waals surface area (Å²) in [6, 6.07) is 7.47. The molecule has 0 aliphatic heterocycles. The van der Waals surface area contributed by atoms with Crippen molar-refractivity contribution in [2.75, 3.05) is 5.32 Å². The fourth-order valence-corrected chi connectivity index (χ4v) is 4.64. The van der Waals surface area contributed by atoms with E-state index >= 15 is 0 Å². The van der Waals surface area contributed by atoms with Gasteiger partial charge in [0.25, 0.3) is 5.56 Å². The molecular formula is C20H25N5O4S. The largest absolute Gasteiger partial charge is 0.326 e. The number of fused-ring (bicyclic) bond motifs is 1. The molecule has 3 N–H and O–H groups in total. The van der Waals surface area contributed by atoms with E-state index in [9.17, 15) is 18.0 Å². The molecule has 0 saturated heterocycles. The lowest BCUT2D eigenvalue weighted by Crippen LogP contribution is -2.40. The Bertz CT molecular complexity index is 1280. The highest BCUT2D eigenvalue weighted by Gasteiger charge is 2.22. The fraction of sp³-hybridized carbons (Fsp3) is 0.350. The number of nitrogens with one attached hydrogen (secondary N) is 3. The first-order chi connectivity index (χ1) is 13.9. The third-order valence-corrected chi connectivity index (χ3v) is 6.16. The number of amides is 1. The minimum Gasteiger partial charge on any atom is -0.326 e. The first-order valence-electron chi connectivity index (χ1n) is 9.37. The maximum atomic E-state index is 12.6. The number of aromatic amines is 1. The maximum Gasteiger partial charge on any atom is 0.266 e. The van der Waals surface area contributed by atoms with Gasteiger partial charge in [-0.05, 0) is 52.8 Å². The molecule has 0 spiro atoms. The summed E-state index contributed by atoms with van der Waals surface area (Å²) in [5.41, 5.74) is 2.00. The van der Waals surface area contributed by atoms with Gasteiger partial charge < -0.3 is 5.32 Å². The second kappa shape index (κ2) is 7.69. The van der Waals surface area contributed by atoms with E-state index in [4.69, 9.17) is 0 Å². The average Bonchev–Trinajstić information content (AvgIpc) is 2.97. The number of rotatable bonds is 5. The van der Waals surface area contributed by atoms with Crippen LogP contribution in [0.1, 0.15) is 37.7 Å². The van der Waals surface area contributed by atoms with Crippen LogP contribution < -0.4 is 15.6 Å². The van der Waals surface area contributed by atoms with E-state index in [1.54, 1.807) is 51.3 Å². The zero-order valence-corrected chi connectivity index (χ0v) is 18.3. The van der Waals surface area contributed by atoms with Gasteiger partial charge in [-0.25, -0.2) is 22.6 Å². The minimum atomic E-state index is -3.72. The number of aromatic nitrogens is 3. The topological polar surface area (TPSA) is 125 Å². The van der Waals surface area contributed by atoms with E-state index in [1.165, 1.54) is 18.2 Å². The summed E-state index contributed by atoms with van der Waals surface area (Å²) in [7, 11) is -3.72. The number of sulfonamides is 1. The first kappa shape index (κ1) is 21.7. The Kier molecular flexibility index (Phi) is 5.57. The number of carbonyl (C=O) groups is 1. The minimum absolute atomic E-state index is 0.0258. The van der Waals surface area contributed by atoms with Crippen LogP contribution in [0.4, 0.5) is 5.69 Å². The van der Waals surface area contributed by atoms with E-state index in [0.717, 1.165) is 0 Å². The van der Waals surface area contributed by atoms with Crippen LogP contribution in [0.3, 0.4) is 0 Å². The molecule has 160 valence electrons. The second-order valence-corrected chi connectivity index (χ2v) is 9.87. The van der Waals surface area contributed by atoms with Crippen molar-refractivity contribution in [3.05, 3.63) is 57.6 Å². The number of hydrogen-bond donors (Lipinski definition) is 3. The smallest absolute Gasteiger partial charge is 0.266 e. The molecule has 30 heavy (non-hydrogen) atoms. The summed E-state index contributed by atoms with van der Waals surface area (Å²) < 4.78 is 29.2. The van der Waals surface area contributed by atoms with Crippen LogP contribution in [0.15, 0.2) is 40.0 Å². The highest BCUT2D eigenvalue weighted by atomic mass is 32.2. The predicted molar refractivity (Wildman–Crippen MR) is 114 cm³/mol. The van der Waals surface area contributed by atoms with Crippen molar-refractivity contribution in [3.63, 3.8) is 0 Å². The third-order valence-electron chi connectivity index (χ3n) is 4.41. The van der Waals surface area contributed by atoms with E-state index in [1.807, 2.05) is 0 Å². The molecule has 0 bridgehead atoms. The van der Waals surface area contributed by atoms with E-state index in [0.29, 0.717) is 28.3 Å². The Morgan fingerprint density at radius 2 is 1.90 bits per heavy atom. The first-order valence-corrected chi connectivity index (χ1v) is 10.9. The van der Waals surface area contributed by atoms with Gasteiger partial charge in [-0.15, -0.1) is 0 Å². The number of H-pyrrole nitrogens is 1. The summed E-state index contributed by atoms with van der Waals surface area (Å²) >= 11 is 0. The molecule has 10 heteroatoms. The lowest BCUT2D eigenvalue weighted by molar-refractivity contribution is -0.115. The van der Waals surface area contributed by atoms with Gasteiger partial charge in [-0.1, -0.05) is 6.07 Å². The van der Waals surface area contributed by atoms with Crippen molar-refractivity contribution >= 4 is 27.3 Å². The van der Waals surface area contributed by atoms with E-state index < -0.39 is 15.6 Å². The molecule has 0 aliphatic carbocycles. The molecule has 1 aromatic carbocycles. The molecule has 9 nitrogen and oxygen atoms in total. The molecule has 3 rings (SSSR count). The summed E-state index contributed by atoms with van der Waals surface area (Å²) in [6.45, 7) is 8.83. The van der Waals surface area contributed by atoms with Crippen LogP contribution in [0.2, 0.25) is 0 Å². The molecule has 0 aliphatic rings. The van der Waals surface area contributed by atoms with Crippen molar-refractivity contribution < 1.29 is 13.2 Å². The molecule has 3 aromatic rings. The summed E-state index contributed by atoms with van der Waals surface area (Å²) in [5, 5.41) is 5.39. The van der Waals surface area contributed by atoms with Crippen molar-refractivity contribution in [3.8, 4) is 0 Å². The number of benzene rings is 1. The quantitative estimate of drug-likeness (QED) is 0.569. The Morgan fingerprint density at radius 3 is 2.57 bits per heavy atom. The zero-order valence-electron chi connectivity index (χ0n) is 17.5. The molecule has 0 saturated carbocycles. The Balaban J connectivity index is 1.82. The van der Waals surface area contributed by atoms with Crippen molar-refractivity contribution in [2.24, 2.45) is 0 Å². The molecule has 0 atom stereocenters. The maximum absolute atomic E-state index is 12.6. The Morgan fingerprint density at radius 1 is 1.20 bits per heavy atom. The normalized spacial score (nSPS) is 12.3. The second-order valence-electron chi connectivity index (χ2n) is 8.18. The van der Waals surface area contributed by atoms with Gasteiger partial charge in [-0.3, -0.25) is 14.7 Å². The van der Waals surface area contributed by atoms with Crippen LogP contribution in [0, 0.1) is 13.8 Å². The molecule has 1 amide bonds. The van der Waals surface area contributed by atoms with Crippen molar-refractivity contribution in [1.29, 1.82) is 0 Å². The Labute approximate surface area is 174 Å². The highest BCUT2D eigenvalue weighted by molar-refractivity contribution is 7.89. The van der Waals surface area contributed by atoms with Gasteiger partial charge in [0.05, 0.1) is 11.3 Å². The predicted octanol–water partition coefficient (Wildman–Crippen LogP) is 1.90. The van der Waals surface area contributed by atoms with Crippen LogP contribution in [-0.4, -0.2) is 34.5 Å². The van der Waals surface area contributed by atoms with Crippen LogP contribution in [0.25, 0.3) is 5.65 Å². The number of carbonyl (C=O) groups excluding carboxylic acids is 1. The van der Waals surface area contributed by atoms with Gasteiger partial charge in [0, 0.05) is 34.2 Å². The van der Waals surface area contributed by atoms with Crippen molar-refractivity contribution in [1.82, 2.24) is 19.3 Å². The van der Waals surface area contributed by atoms with Crippen molar-refractivity contribution in [2.45, 2.75) is 51.5 Å². The summed E-state index contributed by atoms with van der Waals surface area (Å²) in [6.07, 6.45) is 0.0258. The highest BCUT2D eigenvalue weighted by Crippen LogP contribution is 2.19. The molecule has 0 unspecified atom stereocenters. The van der Waals surface area contributed by atoms with Crippen LogP contribution in [0.5, 0.6) is 0 Å². The number of anilines is 1. The standard InChI is InChI=1S/C20H25N5O4S/c1-12-16(13(2)25-17(21-12)11-19(27)23-25)10-18(26)22-14-7-6-8-15(9-14)30(28,29)24-20(3,4)5/h6-9,11,24H,10H2,1-5H3,(H,22,26)(H,23,27). The molecule has 0 fully saturated rings. The van der Waals surface area contributed by atoms with Gasteiger partial charge >= 0.3 is 0 Å². The molecule has 2 aromatic heterocycles. The van der Waals surface area contributed by atoms with Gasteiger partial charge in [0.2, 0.25) is 15.9 Å². The van der Waals surface area contributed by atoms with Gasteiger partial charge in [0.15, 0.2) is 5.65 Å². The van der Waals surface area contributed by atoms with Crippen LogP contribution in [-0.2, 0) is 21.2 Å². The van der Waals surface area contributed by atoms with E-state index in [2.05, 4.69) is 20.1 Å². The van der Waals surface area contributed by atoms with Crippen LogP contribution >= 0.6 is 0 Å². The van der Waals surface area contributed by atoms with Gasteiger partial charge in [0.1, 0.15) is 0 Å². The Hall–Kier alpha value is -2.98. The molecule has 0 radical (unpaired) electrons. The fourth-order valence-electron chi connectivity index (χ4n) is 3.18. The number of hydrogen-bond acceptors (Lipinski definition) is 5. The van der Waals surface area contributed by atoms with Gasteiger partial charge in [-0.2, -0.15) is 0 Å². The SMILES string of the molecule is Cc1nc2cc(=O)[nH]n2c(C)c1CC(=O)Nc1cccc(S(=O)(=O)NC(C)(C)C)c1. The number of nitrogens with zero attached hydrogens (tertiary/aromatic N) is 2.